The van der Waals surface area contributed by atoms with Crippen LogP contribution in [0.15, 0.2) is 48.8 Å². The van der Waals surface area contributed by atoms with Gasteiger partial charge in [0.25, 0.3) is 0 Å². The lowest BCUT2D eigenvalue weighted by molar-refractivity contribution is -0.141. The van der Waals surface area contributed by atoms with Crippen molar-refractivity contribution in [3.8, 4) is 28.6 Å². The summed E-state index contributed by atoms with van der Waals surface area (Å²) in [6.45, 7) is 1.49. The highest BCUT2D eigenvalue weighted by atomic mass is 19.4. The molecule has 4 rings (SSSR count). The minimum atomic E-state index is -4.60. The highest BCUT2D eigenvalue weighted by molar-refractivity contribution is 5.83. The summed E-state index contributed by atoms with van der Waals surface area (Å²) in [6.07, 6.45) is -1.51. The Balaban J connectivity index is 2.09. The Morgan fingerprint density at radius 3 is 2.62 bits per heavy atom. The molecule has 0 amide bonds. The molecule has 4 aromatic rings. The number of hydrogen-bond donors (Lipinski definition) is 1. The van der Waals surface area contributed by atoms with E-state index in [0.717, 1.165) is 6.07 Å². The van der Waals surface area contributed by atoms with Crippen molar-refractivity contribution in [3.63, 3.8) is 0 Å². The molecule has 9 heteroatoms. The summed E-state index contributed by atoms with van der Waals surface area (Å²) in [4.78, 5) is 12.2. The predicted molar refractivity (Wildman–Crippen MR) is 101 cm³/mol. The first-order chi connectivity index (χ1) is 13.8. The Bertz CT molecular complexity index is 1280. The van der Waals surface area contributed by atoms with E-state index in [-0.39, 0.29) is 17.1 Å². The topological polar surface area (TPSA) is 92.9 Å². The predicted octanol–water partition coefficient (Wildman–Crippen LogP) is 4.24. The number of halogens is 3. The van der Waals surface area contributed by atoms with Gasteiger partial charge in [-0.15, -0.1) is 0 Å². The van der Waals surface area contributed by atoms with E-state index >= 15 is 0 Å². The summed E-state index contributed by atoms with van der Waals surface area (Å²) in [5.41, 5.74) is 7.46. The van der Waals surface area contributed by atoms with Crippen LogP contribution in [-0.2, 0) is 6.18 Å². The van der Waals surface area contributed by atoms with Crippen molar-refractivity contribution in [1.29, 1.82) is 5.26 Å². The number of nitriles is 1. The Hall–Kier alpha value is -3.93. The minimum Gasteiger partial charge on any atom is -0.381 e. The third kappa shape index (κ3) is 3.25. The molecule has 0 aliphatic heterocycles. The molecule has 0 aliphatic carbocycles. The fourth-order valence-electron chi connectivity index (χ4n) is 3.17. The van der Waals surface area contributed by atoms with Crippen LogP contribution in [0.25, 0.3) is 28.2 Å². The van der Waals surface area contributed by atoms with Crippen LogP contribution in [0.3, 0.4) is 0 Å². The Labute approximate surface area is 163 Å². The molecule has 3 aromatic heterocycles. The van der Waals surface area contributed by atoms with E-state index in [1.54, 1.807) is 40.9 Å². The third-order valence-corrected chi connectivity index (χ3v) is 4.35. The SMILES string of the molecule is Cc1cc(-c2c(-c3cccc(C#N)c3)nc(N)c3nccn23)cc(C(F)(F)F)n1. The maximum Gasteiger partial charge on any atom is 0.433 e. The van der Waals surface area contributed by atoms with Crippen molar-refractivity contribution in [2.45, 2.75) is 13.1 Å². The van der Waals surface area contributed by atoms with Gasteiger partial charge in [0.1, 0.15) is 5.69 Å². The van der Waals surface area contributed by atoms with Crippen LogP contribution in [0.4, 0.5) is 19.0 Å². The minimum absolute atomic E-state index is 0.123. The number of benzene rings is 1. The first-order valence-corrected chi connectivity index (χ1v) is 8.47. The lowest BCUT2D eigenvalue weighted by Gasteiger charge is -2.16. The molecule has 2 N–H and O–H groups in total. The zero-order chi connectivity index (χ0) is 20.8. The molecule has 29 heavy (non-hydrogen) atoms. The Kier molecular flexibility index (Phi) is 4.19. The second kappa shape index (κ2) is 6.60. The highest BCUT2D eigenvalue weighted by Crippen LogP contribution is 2.36. The van der Waals surface area contributed by atoms with Gasteiger partial charge in [-0.05, 0) is 31.2 Å². The molecule has 0 fully saturated rings. The monoisotopic (exact) mass is 394 g/mol. The van der Waals surface area contributed by atoms with Crippen LogP contribution in [-0.4, -0.2) is 19.4 Å². The number of rotatable bonds is 2. The van der Waals surface area contributed by atoms with Crippen LogP contribution in [0, 0.1) is 18.3 Å². The average Bonchev–Trinajstić information content (AvgIpc) is 3.17. The number of hydrogen-bond acceptors (Lipinski definition) is 5. The van der Waals surface area contributed by atoms with Crippen LogP contribution < -0.4 is 5.73 Å². The number of nitrogen functional groups attached to an aromatic ring is 1. The fraction of sp³-hybridized carbons (Fsp3) is 0.100. The molecule has 0 bridgehead atoms. The molecule has 0 saturated heterocycles. The first-order valence-electron chi connectivity index (χ1n) is 8.47. The Morgan fingerprint density at radius 1 is 1.10 bits per heavy atom. The molecule has 6 nitrogen and oxygen atoms in total. The number of fused-ring (bicyclic) bond motifs is 1. The van der Waals surface area contributed by atoms with E-state index in [9.17, 15) is 18.4 Å². The van der Waals surface area contributed by atoms with Crippen LogP contribution in [0.5, 0.6) is 0 Å². The summed E-state index contributed by atoms with van der Waals surface area (Å²) in [6, 6.07) is 11.2. The summed E-state index contributed by atoms with van der Waals surface area (Å²) >= 11 is 0. The lowest BCUT2D eigenvalue weighted by Crippen LogP contribution is -2.10. The zero-order valence-electron chi connectivity index (χ0n) is 15.1. The number of nitrogens with two attached hydrogens (primary N) is 1. The zero-order valence-corrected chi connectivity index (χ0v) is 15.1. The quantitative estimate of drug-likeness (QED) is 0.549. The Morgan fingerprint density at radius 2 is 1.90 bits per heavy atom. The van der Waals surface area contributed by atoms with E-state index in [4.69, 9.17) is 5.73 Å². The number of alkyl halides is 3. The number of imidazole rings is 1. The van der Waals surface area contributed by atoms with Crippen molar-refractivity contribution >= 4 is 11.5 Å². The number of anilines is 1. The summed E-state index contributed by atoms with van der Waals surface area (Å²) in [7, 11) is 0. The molecule has 0 aliphatic rings. The van der Waals surface area contributed by atoms with Gasteiger partial charge in [-0.1, -0.05) is 12.1 Å². The van der Waals surface area contributed by atoms with E-state index in [1.165, 1.54) is 13.1 Å². The van der Waals surface area contributed by atoms with E-state index in [1.807, 2.05) is 6.07 Å². The van der Waals surface area contributed by atoms with Gasteiger partial charge < -0.3 is 5.73 Å². The fourth-order valence-corrected chi connectivity index (χ4v) is 3.17. The van der Waals surface area contributed by atoms with Gasteiger partial charge in [-0.3, -0.25) is 4.40 Å². The van der Waals surface area contributed by atoms with Gasteiger partial charge in [0.15, 0.2) is 11.5 Å². The summed E-state index contributed by atoms with van der Waals surface area (Å²) < 4.78 is 41.6. The standard InChI is InChI=1S/C20H13F3N6/c1-11-7-14(9-15(27-11)20(21,22)23)17-16(13-4-2-3-12(8-13)10-24)28-18(25)19-26-5-6-29(17)19/h2-9H,1H3,(H2,25,28). The maximum absolute atomic E-state index is 13.4. The van der Waals surface area contributed by atoms with Gasteiger partial charge in [0.2, 0.25) is 0 Å². The number of nitrogens with zero attached hydrogens (tertiary/aromatic N) is 5. The normalized spacial score (nSPS) is 11.6. The second-order valence-electron chi connectivity index (χ2n) is 6.39. The highest BCUT2D eigenvalue weighted by Gasteiger charge is 2.33. The van der Waals surface area contributed by atoms with Gasteiger partial charge in [0.05, 0.1) is 23.0 Å². The molecule has 0 atom stereocenters. The second-order valence-corrected chi connectivity index (χ2v) is 6.39. The maximum atomic E-state index is 13.4. The van der Waals surface area contributed by atoms with Gasteiger partial charge in [-0.2, -0.15) is 18.4 Å². The number of pyridine rings is 1. The largest absolute Gasteiger partial charge is 0.433 e. The van der Waals surface area contributed by atoms with Crippen molar-refractivity contribution in [2.24, 2.45) is 0 Å². The van der Waals surface area contributed by atoms with E-state index in [2.05, 4.69) is 15.0 Å². The molecule has 0 spiro atoms. The summed E-state index contributed by atoms with van der Waals surface area (Å²) in [5.74, 6) is 0.123. The van der Waals surface area contributed by atoms with Crippen molar-refractivity contribution < 1.29 is 13.2 Å². The van der Waals surface area contributed by atoms with Crippen LogP contribution in [0.2, 0.25) is 0 Å². The first kappa shape index (κ1) is 18.4. The molecule has 0 radical (unpaired) electrons. The molecular weight excluding hydrogens is 381 g/mol. The van der Waals surface area contributed by atoms with Gasteiger partial charge >= 0.3 is 6.18 Å². The van der Waals surface area contributed by atoms with Gasteiger partial charge in [0, 0.05) is 29.2 Å². The summed E-state index contributed by atoms with van der Waals surface area (Å²) in [5, 5.41) is 9.21. The third-order valence-electron chi connectivity index (χ3n) is 4.35. The van der Waals surface area contributed by atoms with Crippen molar-refractivity contribution in [1.82, 2.24) is 19.4 Å². The van der Waals surface area contributed by atoms with Gasteiger partial charge in [-0.25, -0.2) is 15.0 Å². The van der Waals surface area contributed by atoms with E-state index < -0.39 is 11.9 Å². The molecular formula is C20H13F3N6. The van der Waals surface area contributed by atoms with E-state index in [0.29, 0.717) is 28.2 Å². The number of aromatic nitrogens is 4. The molecule has 0 unspecified atom stereocenters. The average molecular weight is 394 g/mol. The smallest absolute Gasteiger partial charge is 0.381 e. The molecule has 3 heterocycles. The molecule has 1 aromatic carbocycles. The lowest BCUT2D eigenvalue weighted by atomic mass is 10.0. The van der Waals surface area contributed by atoms with Crippen molar-refractivity contribution in [2.75, 3.05) is 5.73 Å². The molecule has 0 saturated carbocycles. The molecule has 144 valence electrons. The van der Waals surface area contributed by atoms with Crippen LogP contribution in [0.1, 0.15) is 17.0 Å². The van der Waals surface area contributed by atoms with Crippen molar-refractivity contribution in [3.05, 3.63) is 65.7 Å². The number of aryl methyl sites for hydroxylation is 1. The van der Waals surface area contributed by atoms with Crippen LogP contribution >= 0.6 is 0 Å².